The number of nitrogens with one attached hydrogen (secondary N) is 1. The lowest BCUT2D eigenvalue weighted by molar-refractivity contribution is 0.473. The predicted octanol–water partition coefficient (Wildman–Crippen LogP) is 3.83. The van der Waals surface area contributed by atoms with Gasteiger partial charge in [-0.3, -0.25) is 0 Å². The molecule has 4 nitrogen and oxygen atoms in total. The molecule has 0 unspecified atom stereocenters. The first-order valence-electron chi connectivity index (χ1n) is 6.79. The zero-order valence-electron chi connectivity index (χ0n) is 12.0. The van der Waals surface area contributed by atoms with Crippen molar-refractivity contribution in [3.8, 4) is 5.75 Å². The van der Waals surface area contributed by atoms with E-state index in [2.05, 4.69) is 11.4 Å². The van der Waals surface area contributed by atoms with Gasteiger partial charge in [0.2, 0.25) is 0 Å². The van der Waals surface area contributed by atoms with Crippen molar-refractivity contribution in [2.75, 3.05) is 11.6 Å². The Morgan fingerprint density at radius 3 is 2.86 bits per heavy atom. The maximum absolute atomic E-state index is 11.6. The van der Waals surface area contributed by atoms with Gasteiger partial charge in [-0.25, -0.2) is 4.79 Å². The summed E-state index contributed by atoms with van der Waals surface area (Å²) < 4.78 is 5.13. The highest BCUT2D eigenvalue weighted by Gasteiger charge is 2.06. The summed E-state index contributed by atoms with van der Waals surface area (Å²) in [7, 11) is 0. The molecule has 1 heterocycles. The van der Waals surface area contributed by atoms with Crippen LogP contribution < -0.4 is 10.9 Å². The first-order valence-corrected chi connectivity index (χ1v) is 8.02. The first-order chi connectivity index (χ1) is 10.7. The minimum Gasteiger partial charge on any atom is -0.508 e. The van der Waals surface area contributed by atoms with Gasteiger partial charge in [-0.1, -0.05) is 6.07 Å². The highest BCUT2D eigenvalue weighted by Crippen LogP contribution is 2.23. The van der Waals surface area contributed by atoms with Crippen LogP contribution in [0.1, 0.15) is 5.56 Å². The van der Waals surface area contributed by atoms with Crippen molar-refractivity contribution in [3.05, 3.63) is 64.5 Å². The van der Waals surface area contributed by atoms with Crippen molar-refractivity contribution in [1.82, 2.24) is 0 Å². The summed E-state index contributed by atoms with van der Waals surface area (Å²) in [6.07, 6.45) is 2.03. The fraction of sp³-hybridized carbons (Fsp3) is 0.118. The molecule has 1 aromatic heterocycles. The number of rotatable bonds is 4. The predicted molar refractivity (Wildman–Crippen MR) is 89.7 cm³/mol. The van der Waals surface area contributed by atoms with E-state index in [1.54, 1.807) is 23.9 Å². The van der Waals surface area contributed by atoms with Crippen molar-refractivity contribution in [2.45, 2.75) is 11.4 Å². The molecular formula is C17H15NO3S. The number of thioether (sulfide) groups is 1. The quantitative estimate of drug-likeness (QED) is 0.566. The van der Waals surface area contributed by atoms with E-state index in [4.69, 9.17) is 4.42 Å². The highest BCUT2D eigenvalue weighted by atomic mass is 32.2. The lowest BCUT2D eigenvalue weighted by Crippen LogP contribution is -2.05. The van der Waals surface area contributed by atoms with Gasteiger partial charge < -0.3 is 14.8 Å². The molecule has 0 radical (unpaired) electrons. The van der Waals surface area contributed by atoms with Gasteiger partial charge in [-0.15, -0.1) is 11.8 Å². The third-order valence-electron chi connectivity index (χ3n) is 3.37. The monoisotopic (exact) mass is 313 g/mol. The molecule has 5 heteroatoms. The minimum absolute atomic E-state index is 0.0773. The second-order valence-electron chi connectivity index (χ2n) is 4.86. The van der Waals surface area contributed by atoms with Gasteiger partial charge in [0.1, 0.15) is 11.3 Å². The Hall–Kier alpha value is -2.40. The van der Waals surface area contributed by atoms with Crippen LogP contribution in [0.25, 0.3) is 11.0 Å². The third kappa shape index (κ3) is 3.09. The zero-order valence-corrected chi connectivity index (χ0v) is 12.8. The van der Waals surface area contributed by atoms with Crippen LogP contribution in [0.2, 0.25) is 0 Å². The molecule has 0 spiro atoms. The third-order valence-corrected chi connectivity index (χ3v) is 4.09. The number of phenolic OH excluding ortho intramolecular Hbond substituents is 1. The van der Waals surface area contributed by atoms with Crippen molar-refractivity contribution >= 4 is 28.4 Å². The lowest BCUT2D eigenvalue weighted by atomic mass is 10.1. The van der Waals surface area contributed by atoms with Gasteiger partial charge in [-0.2, -0.15) is 0 Å². The Bertz CT molecular complexity index is 873. The number of fused-ring (bicyclic) bond motifs is 1. The standard InChI is InChI=1S/C17H15NO3S/c1-22-14-4-2-3-12(8-14)18-10-11-7-17(20)21-16-9-13(19)5-6-15(11)16/h2-9,18-19H,10H2,1H3. The Labute approximate surface area is 131 Å². The van der Waals surface area contributed by atoms with E-state index in [9.17, 15) is 9.90 Å². The molecule has 112 valence electrons. The summed E-state index contributed by atoms with van der Waals surface area (Å²) >= 11 is 1.68. The van der Waals surface area contributed by atoms with Crippen molar-refractivity contribution in [3.63, 3.8) is 0 Å². The molecule has 0 bridgehead atoms. The Balaban J connectivity index is 1.91. The van der Waals surface area contributed by atoms with Gasteiger partial charge in [0.15, 0.2) is 0 Å². The lowest BCUT2D eigenvalue weighted by Gasteiger charge is -2.09. The number of anilines is 1. The number of hydrogen-bond donors (Lipinski definition) is 2. The largest absolute Gasteiger partial charge is 0.508 e. The molecule has 0 amide bonds. The number of hydrogen-bond acceptors (Lipinski definition) is 5. The highest BCUT2D eigenvalue weighted by molar-refractivity contribution is 7.98. The summed E-state index contributed by atoms with van der Waals surface area (Å²) in [4.78, 5) is 12.8. The minimum atomic E-state index is -0.423. The van der Waals surface area contributed by atoms with E-state index >= 15 is 0 Å². The first kappa shape index (κ1) is 14.5. The molecule has 0 aliphatic heterocycles. The fourth-order valence-electron chi connectivity index (χ4n) is 2.30. The van der Waals surface area contributed by atoms with Crippen LogP contribution in [0, 0.1) is 0 Å². The molecule has 3 aromatic rings. The molecule has 0 aliphatic carbocycles. The van der Waals surface area contributed by atoms with Crippen LogP contribution in [-0.2, 0) is 6.54 Å². The van der Waals surface area contributed by atoms with Gasteiger partial charge in [-0.05, 0) is 42.2 Å². The van der Waals surface area contributed by atoms with E-state index in [0.717, 1.165) is 16.6 Å². The molecule has 0 atom stereocenters. The van der Waals surface area contributed by atoms with E-state index in [-0.39, 0.29) is 5.75 Å². The van der Waals surface area contributed by atoms with Crippen LogP contribution in [0.4, 0.5) is 5.69 Å². The molecule has 0 fully saturated rings. The molecule has 22 heavy (non-hydrogen) atoms. The summed E-state index contributed by atoms with van der Waals surface area (Å²) in [5.41, 5.74) is 1.79. The van der Waals surface area contributed by atoms with E-state index < -0.39 is 5.63 Å². The Kier molecular flexibility index (Phi) is 4.06. The fourth-order valence-corrected chi connectivity index (χ4v) is 2.75. The van der Waals surface area contributed by atoms with Gasteiger partial charge in [0, 0.05) is 34.6 Å². The van der Waals surface area contributed by atoms with Gasteiger partial charge in [0.05, 0.1) is 0 Å². The van der Waals surface area contributed by atoms with Crippen molar-refractivity contribution in [2.24, 2.45) is 0 Å². The smallest absolute Gasteiger partial charge is 0.336 e. The molecule has 2 aromatic carbocycles. The van der Waals surface area contributed by atoms with Crippen LogP contribution in [0.15, 0.2) is 62.6 Å². The van der Waals surface area contributed by atoms with E-state index in [1.165, 1.54) is 17.0 Å². The van der Waals surface area contributed by atoms with Crippen LogP contribution in [-0.4, -0.2) is 11.4 Å². The SMILES string of the molecule is CSc1cccc(NCc2cc(=O)oc3cc(O)ccc23)c1. The molecule has 2 N–H and O–H groups in total. The average molecular weight is 313 g/mol. The van der Waals surface area contributed by atoms with Gasteiger partial charge >= 0.3 is 5.63 Å². The molecule has 0 aliphatic rings. The second-order valence-corrected chi connectivity index (χ2v) is 5.74. The van der Waals surface area contributed by atoms with Gasteiger partial charge in [0.25, 0.3) is 0 Å². The maximum Gasteiger partial charge on any atom is 0.336 e. The van der Waals surface area contributed by atoms with Crippen LogP contribution in [0.3, 0.4) is 0 Å². The van der Waals surface area contributed by atoms with E-state index in [1.807, 2.05) is 24.5 Å². The van der Waals surface area contributed by atoms with Crippen LogP contribution in [0.5, 0.6) is 5.75 Å². The number of benzene rings is 2. The summed E-state index contributed by atoms with van der Waals surface area (Å²) in [5, 5.41) is 13.6. The maximum atomic E-state index is 11.6. The second kappa shape index (κ2) is 6.15. The normalized spacial score (nSPS) is 10.8. The summed E-state index contributed by atoms with van der Waals surface area (Å²) in [6, 6.07) is 14.3. The summed E-state index contributed by atoms with van der Waals surface area (Å²) in [5.74, 6) is 0.0773. The van der Waals surface area contributed by atoms with E-state index in [0.29, 0.717) is 12.1 Å². The molecule has 3 rings (SSSR count). The summed E-state index contributed by atoms with van der Waals surface area (Å²) in [6.45, 7) is 0.505. The number of phenols is 1. The Morgan fingerprint density at radius 1 is 1.18 bits per heavy atom. The average Bonchev–Trinajstić information content (AvgIpc) is 2.52. The Morgan fingerprint density at radius 2 is 2.05 bits per heavy atom. The molecule has 0 saturated heterocycles. The number of aromatic hydroxyl groups is 1. The van der Waals surface area contributed by atoms with Crippen LogP contribution >= 0.6 is 11.8 Å². The molecule has 0 saturated carbocycles. The topological polar surface area (TPSA) is 62.5 Å². The van der Waals surface area contributed by atoms with Crippen molar-refractivity contribution in [1.29, 1.82) is 0 Å². The molecular weight excluding hydrogens is 298 g/mol. The van der Waals surface area contributed by atoms with Crippen molar-refractivity contribution < 1.29 is 9.52 Å². The zero-order chi connectivity index (χ0) is 15.5.